The van der Waals surface area contributed by atoms with Gasteiger partial charge in [-0.3, -0.25) is 0 Å². The minimum atomic E-state index is -3.22. The Morgan fingerprint density at radius 3 is 0.881 bits per heavy atom. The predicted molar refractivity (Wildman–Crippen MR) is 184 cm³/mol. The van der Waals surface area contributed by atoms with Crippen LogP contribution in [0.1, 0.15) is 0 Å². The van der Waals surface area contributed by atoms with Gasteiger partial charge in [0.1, 0.15) is 0 Å². The number of benzene rings is 6. The minimum absolute atomic E-state index is 0.179. The molecule has 0 heterocycles. The van der Waals surface area contributed by atoms with Crippen molar-refractivity contribution in [1.29, 1.82) is 0 Å². The van der Waals surface area contributed by atoms with Crippen molar-refractivity contribution in [2.75, 3.05) is 6.16 Å². The van der Waals surface area contributed by atoms with E-state index in [0.29, 0.717) is 0 Å². The predicted octanol–water partition coefficient (Wildman–Crippen LogP) is 5.90. The van der Waals surface area contributed by atoms with Crippen LogP contribution in [-0.4, -0.2) is 12.1 Å². The summed E-state index contributed by atoms with van der Waals surface area (Å²) in [6.45, 7) is 0. The molecular weight excluding hydrogens is 550 g/mol. The molecule has 0 fully saturated rings. The first kappa shape index (κ1) is 27.8. The summed E-state index contributed by atoms with van der Waals surface area (Å²) in [7, 11) is -6.06. The van der Waals surface area contributed by atoms with Crippen LogP contribution >= 0.6 is 14.8 Å². The van der Waals surface area contributed by atoms with Crippen LogP contribution in [0.4, 0.5) is 0 Å². The topological polar surface area (TPSA) is 26.3 Å². The van der Waals surface area contributed by atoms with Crippen molar-refractivity contribution in [3.05, 3.63) is 182 Å². The first-order chi connectivity index (χ1) is 20.7. The van der Waals surface area contributed by atoms with Gasteiger partial charge in [0.05, 0.1) is 0 Å². The maximum atomic E-state index is 14.8. The van der Waals surface area contributed by atoms with Crippen molar-refractivity contribution in [3.63, 3.8) is 0 Å². The first-order valence-corrected chi connectivity index (χ1v) is 18.4. The molecule has 0 radical (unpaired) electrons. The summed E-state index contributed by atoms with van der Waals surface area (Å²) < 4.78 is 7.05. The SMILES string of the molecule is O=C(C[PH](c1ccccc1)(c1ccccc1)c1ccccc1)O[PH](c1ccccc1)(c1ccccc1)c1ccccc1. The molecule has 6 aromatic carbocycles. The molecule has 4 heteroatoms. The van der Waals surface area contributed by atoms with Crippen molar-refractivity contribution in [2.45, 2.75) is 0 Å². The van der Waals surface area contributed by atoms with Crippen LogP contribution in [0.5, 0.6) is 0 Å². The Balaban J connectivity index is 1.55. The monoisotopic (exact) mass is 584 g/mol. The summed E-state index contributed by atoms with van der Waals surface area (Å²) in [6.07, 6.45) is 0.284. The van der Waals surface area contributed by atoms with Gasteiger partial charge < -0.3 is 0 Å². The van der Waals surface area contributed by atoms with Crippen LogP contribution in [0.25, 0.3) is 0 Å². The van der Waals surface area contributed by atoms with E-state index < -0.39 is 14.8 Å². The molecule has 0 aliphatic rings. The van der Waals surface area contributed by atoms with Gasteiger partial charge in [-0.15, -0.1) is 0 Å². The molecule has 0 N–H and O–H groups in total. The van der Waals surface area contributed by atoms with Gasteiger partial charge in [0, 0.05) is 0 Å². The molecular formula is C38H34O2P2. The Kier molecular flexibility index (Phi) is 8.38. The average molecular weight is 585 g/mol. The van der Waals surface area contributed by atoms with Gasteiger partial charge in [0.2, 0.25) is 0 Å². The van der Waals surface area contributed by atoms with Gasteiger partial charge >= 0.3 is 250 Å². The van der Waals surface area contributed by atoms with E-state index in [0.717, 1.165) is 15.9 Å². The van der Waals surface area contributed by atoms with E-state index in [4.69, 9.17) is 4.52 Å². The second-order valence-corrected chi connectivity index (χ2v) is 17.6. The fourth-order valence-corrected chi connectivity index (χ4v) is 14.4. The second-order valence-electron chi connectivity index (χ2n) is 10.4. The molecule has 0 amide bonds. The van der Waals surface area contributed by atoms with Crippen molar-refractivity contribution in [3.8, 4) is 0 Å². The van der Waals surface area contributed by atoms with E-state index in [2.05, 4.69) is 109 Å². The van der Waals surface area contributed by atoms with Crippen LogP contribution in [-0.2, 0) is 9.32 Å². The number of rotatable bonds is 9. The summed E-state index contributed by atoms with van der Waals surface area (Å²) in [5, 5.41) is 6.69. The molecule has 0 unspecified atom stereocenters. The third-order valence-electron chi connectivity index (χ3n) is 8.02. The summed E-state index contributed by atoms with van der Waals surface area (Å²) in [5.41, 5.74) is 0. The second kappa shape index (κ2) is 12.7. The molecule has 0 bridgehead atoms. The summed E-state index contributed by atoms with van der Waals surface area (Å²) in [4.78, 5) is 14.8. The van der Waals surface area contributed by atoms with Crippen molar-refractivity contribution >= 4 is 52.5 Å². The fraction of sp³-hybridized carbons (Fsp3) is 0.0263. The zero-order chi connectivity index (χ0) is 28.7. The van der Waals surface area contributed by atoms with Crippen molar-refractivity contribution < 1.29 is 9.32 Å². The van der Waals surface area contributed by atoms with Crippen molar-refractivity contribution in [1.82, 2.24) is 0 Å². The molecule has 2 nitrogen and oxygen atoms in total. The molecule has 0 saturated carbocycles. The summed E-state index contributed by atoms with van der Waals surface area (Å²) >= 11 is 0. The number of carbonyl (C=O) groups is 1. The Labute approximate surface area is 249 Å². The number of carbonyl (C=O) groups excluding carboxylic acids is 1. The van der Waals surface area contributed by atoms with E-state index in [1.54, 1.807) is 0 Å². The van der Waals surface area contributed by atoms with E-state index in [1.807, 2.05) is 72.8 Å². The molecule has 42 heavy (non-hydrogen) atoms. The zero-order valence-corrected chi connectivity index (χ0v) is 25.3. The van der Waals surface area contributed by atoms with Gasteiger partial charge in [-0.1, -0.05) is 0 Å². The molecule has 6 rings (SSSR count). The van der Waals surface area contributed by atoms with Gasteiger partial charge in [0.15, 0.2) is 0 Å². The molecule has 6 aromatic rings. The average Bonchev–Trinajstić information content (AvgIpc) is 3.08. The van der Waals surface area contributed by atoms with Crippen LogP contribution < -0.4 is 31.8 Å². The van der Waals surface area contributed by atoms with Crippen LogP contribution in [0.15, 0.2) is 182 Å². The van der Waals surface area contributed by atoms with E-state index in [9.17, 15) is 4.79 Å². The normalized spacial score (nSPS) is 12.3. The van der Waals surface area contributed by atoms with Gasteiger partial charge in [-0.25, -0.2) is 0 Å². The first-order valence-electron chi connectivity index (χ1n) is 14.3. The third kappa shape index (κ3) is 5.33. The molecule has 0 saturated heterocycles. The third-order valence-corrected chi connectivity index (χ3v) is 16.8. The van der Waals surface area contributed by atoms with Gasteiger partial charge in [-0.2, -0.15) is 0 Å². The number of hydrogen-bond acceptors (Lipinski definition) is 2. The fourth-order valence-electron chi connectivity index (χ4n) is 6.09. The Hall–Kier alpha value is -4.35. The van der Waals surface area contributed by atoms with E-state index >= 15 is 0 Å². The van der Waals surface area contributed by atoms with Crippen LogP contribution in [0, 0.1) is 0 Å². The molecule has 0 spiro atoms. The maximum absolute atomic E-state index is 14.8. The van der Waals surface area contributed by atoms with Crippen LogP contribution in [0.2, 0.25) is 0 Å². The molecule has 0 atom stereocenters. The van der Waals surface area contributed by atoms with Crippen LogP contribution in [0.3, 0.4) is 0 Å². The summed E-state index contributed by atoms with van der Waals surface area (Å²) in [5.74, 6) is -0.179. The molecule has 0 aliphatic heterocycles. The quantitative estimate of drug-likeness (QED) is 0.198. The Morgan fingerprint density at radius 1 is 0.381 bits per heavy atom. The van der Waals surface area contributed by atoms with Gasteiger partial charge in [-0.05, 0) is 0 Å². The van der Waals surface area contributed by atoms with E-state index in [1.165, 1.54) is 15.9 Å². The molecule has 0 aromatic heterocycles. The zero-order valence-electron chi connectivity index (χ0n) is 23.3. The van der Waals surface area contributed by atoms with Crippen molar-refractivity contribution in [2.24, 2.45) is 0 Å². The molecule has 0 aliphatic carbocycles. The summed E-state index contributed by atoms with van der Waals surface area (Å²) in [6, 6.07) is 62.5. The molecule has 208 valence electrons. The van der Waals surface area contributed by atoms with Gasteiger partial charge in [0.25, 0.3) is 0 Å². The number of hydrogen-bond donors (Lipinski definition) is 0. The Bertz CT molecular complexity index is 1390. The Morgan fingerprint density at radius 2 is 0.619 bits per heavy atom. The van der Waals surface area contributed by atoms with E-state index in [-0.39, 0.29) is 12.1 Å². The standard InChI is InChI=1S/C38H34O2P2/c39-38(31-41(32-19-7-1-8-20-32,33-21-9-2-10-22-33)34-23-11-3-12-24-34)40-42(35-25-13-4-14-26-35,36-27-15-5-16-28-36)37-29-17-6-18-30-37/h1-30,41-42H,31H2.